The number of hydrogen-bond acceptors (Lipinski definition) is 5. The summed E-state index contributed by atoms with van der Waals surface area (Å²) in [6.07, 6.45) is 0. The minimum atomic E-state index is 0.437. The van der Waals surface area contributed by atoms with Crippen LogP contribution in [0.1, 0.15) is 9.75 Å². The Hall–Kier alpha value is -2.14. The summed E-state index contributed by atoms with van der Waals surface area (Å²) >= 11 is 1.76. The highest BCUT2D eigenvalue weighted by Gasteiger charge is 2.05. The molecule has 0 atom stereocenters. The Bertz CT molecular complexity index is 720. The number of rotatable bonds is 3. The first-order valence-electron chi connectivity index (χ1n) is 6.04. The van der Waals surface area contributed by atoms with Gasteiger partial charge in [0.2, 0.25) is 0 Å². The maximum absolute atomic E-state index is 5.92. The van der Waals surface area contributed by atoms with Gasteiger partial charge in [0.1, 0.15) is 0 Å². The van der Waals surface area contributed by atoms with Crippen molar-refractivity contribution in [2.75, 3.05) is 11.1 Å². The molecule has 0 aliphatic heterocycles. The van der Waals surface area contributed by atoms with Crippen LogP contribution in [0.2, 0.25) is 0 Å². The maximum atomic E-state index is 5.92. The van der Waals surface area contributed by atoms with Crippen molar-refractivity contribution in [1.29, 1.82) is 0 Å². The van der Waals surface area contributed by atoms with Gasteiger partial charge in [0, 0.05) is 9.75 Å². The average Bonchev–Trinajstić information content (AvgIpc) is 2.82. The van der Waals surface area contributed by atoms with Gasteiger partial charge in [-0.1, -0.05) is 12.1 Å². The second-order valence-corrected chi connectivity index (χ2v) is 5.68. The molecule has 1 aromatic carbocycles. The molecule has 3 N–H and O–H groups in total. The van der Waals surface area contributed by atoms with Crippen LogP contribution in [0.5, 0.6) is 0 Å². The minimum Gasteiger partial charge on any atom is -0.381 e. The van der Waals surface area contributed by atoms with Gasteiger partial charge in [0.15, 0.2) is 11.6 Å². The first kappa shape index (κ1) is 11.9. The summed E-state index contributed by atoms with van der Waals surface area (Å²) in [7, 11) is 0. The Morgan fingerprint density at radius 3 is 2.53 bits per heavy atom. The Morgan fingerprint density at radius 2 is 1.84 bits per heavy atom. The summed E-state index contributed by atoms with van der Waals surface area (Å²) < 4.78 is 0. The van der Waals surface area contributed by atoms with Gasteiger partial charge in [0.25, 0.3) is 0 Å². The molecule has 2 aromatic heterocycles. The van der Waals surface area contributed by atoms with Crippen molar-refractivity contribution in [3.8, 4) is 0 Å². The monoisotopic (exact) mass is 270 g/mol. The largest absolute Gasteiger partial charge is 0.381 e. The third kappa shape index (κ3) is 2.51. The van der Waals surface area contributed by atoms with Crippen LogP contribution in [0, 0.1) is 6.92 Å². The smallest absolute Gasteiger partial charge is 0.169 e. The Kier molecular flexibility index (Phi) is 3.05. The zero-order chi connectivity index (χ0) is 13.2. The molecule has 19 heavy (non-hydrogen) atoms. The molecule has 0 amide bonds. The minimum absolute atomic E-state index is 0.437. The van der Waals surface area contributed by atoms with E-state index >= 15 is 0 Å². The zero-order valence-electron chi connectivity index (χ0n) is 10.6. The van der Waals surface area contributed by atoms with Gasteiger partial charge in [-0.05, 0) is 31.2 Å². The molecule has 0 spiro atoms. The topological polar surface area (TPSA) is 63.8 Å². The van der Waals surface area contributed by atoms with E-state index in [1.54, 1.807) is 11.3 Å². The van der Waals surface area contributed by atoms with Gasteiger partial charge in [-0.25, -0.2) is 9.97 Å². The lowest BCUT2D eigenvalue weighted by Crippen LogP contribution is -2.05. The van der Waals surface area contributed by atoms with Crippen LogP contribution in [0.25, 0.3) is 11.0 Å². The number of nitrogens with one attached hydrogen (secondary N) is 1. The van der Waals surface area contributed by atoms with Crippen LogP contribution in [0.4, 0.5) is 11.6 Å². The highest BCUT2D eigenvalue weighted by molar-refractivity contribution is 7.11. The fourth-order valence-electron chi connectivity index (χ4n) is 1.89. The normalized spacial score (nSPS) is 10.8. The molecule has 2 heterocycles. The van der Waals surface area contributed by atoms with Crippen LogP contribution < -0.4 is 11.1 Å². The van der Waals surface area contributed by atoms with Gasteiger partial charge in [-0.15, -0.1) is 11.3 Å². The highest BCUT2D eigenvalue weighted by Crippen LogP contribution is 2.21. The summed E-state index contributed by atoms with van der Waals surface area (Å²) in [6, 6.07) is 11.9. The van der Waals surface area contributed by atoms with E-state index in [0.29, 0.717) is 11.6 Å². The predicted octanol–water partition coefficient (Wildman–Crippen LogP) is 3.19. The molecule has 96 valence electrons. The molecular weight excluding hydrogens is 256 g/mol. The Morgan fingerprint density at radius 1 is 1.11 bits per heavy atom. The number of hydrogen-bond donors (Lipinski definition) is 2. The number of anilines is 2. The van der Waals surface area contributed by atoms with Crippen molar-refractivity contribution in [2.24, 2.45) is 0 Å². The lowest BCUT2D eigenvalue weighted by molar-refractivity contribution is 1.14. The molecule has 0 unspecified atom stereocenters. The second kappa shape index (κ2) is 4.85. The molecule has 0 bridgehead atoms. The number of thiophene rings is 1. The van der Waals surface area contributed by atoms with E-state index in [1.807, 2.05) is 24.3 Å². The predicted molar refractivity (Wildman–Crippen MR) is 80.3 cm³/mol. The summed E-state index contributed by atoms with van der Waals surface area (Å²) in [5.74, 6) is 1.08. The van der Waals surface area contributed by atoms with E-state index in [-0.39, 0.29) is 0 Å². The number of nitrogen functional groups attached to an aromatic ring is 1. The van der Waals surface area contributed by atoms with E-state index in [2.05, 4.69) is 34.3 Å². The number of fused-ring (bicyclic) bond motifs is 1. The molecule has 3 aromatic rings. The lowest BCUT2D eigenvalue weighted by Gasteiger charge is -2.07. The number of nitrogens with zero attached hydrogens (tertiary/aromatic N) is 2. The number of aryl methyl sites for hydroxylation is 1. The molecule has 0 radical (unpaired) electrons. The van der Waals surface area contributed by atoms with Crippen molar-refractivity contribution in [3.63, 3.8) is 0 Å². The van der Waals surface area contributed by atoms with Gasteiger partial charge >= 0.3 is 0 Å². The second-order valence-electron chi connectivity index (χ2n) is 4.31. The Balaban J connectivity index is 1.86. The van der Waals surface area contributed by atoms with Gasteiger partial charge < -0.3 is 11.1 Å². The van der Waals surface area contributed by atoms with E-state index in [4.69, 9.17) is 5.73 Å². The molecule has 3 rings (SSSR count). The summed E-state index contributed by atoms with van der Waals surface area (Å²) in [6.45, 7) is 2.81. The van der Waals surface area contributed by atoms with Crippen LogP contribution in [-0.4, -0.2) is 9.97 Å². The van der Waals surface area contributed by atoms with Crippen molar-refractivity contribution in [3.05, 3.63) is 46.2 Å². The molecule has 0 saturated heterocycles. The fraction of sp³-hybridized carbons (Fsp3) is 0.143. The first-order valence-corrected chi connectivity index (χ1v) is 6.85. The standard InChI is InChI=1S/C14H14N4S/c1-9-6-7-10(19-9)8-16-14-13(15)17-11-4-2-3-5-12(11)18-14/h2-7H,8H2,1H3,(H2,15,17)(H,16,18). The van der Waals surface area contributed by atoms with E-state index in [0.717, 1.165) is 17.6 Å². The van der Waals surface area contributed by atoms with Crippen molar-refractivity contribution >= 4 is 34.0 Å². The first-order chi connectivity index (χ1) is 9.22. The van der Waals surface area contributed by atoms with E-state index in [9.17, 15) is 0 Å². The summed E-state index contributed by atoms with van der Waals surface area (Å²) in [5, 5.41) is 3.25. The van der Waals surface area contributed by atoms with Gasteiger partial charge in [-0.2, -0.15) is 0 Å². The zero-order valence-corrected chi connectivity index (χ0v) is 11.4. The molecule has 5 heteroatoms. The molecule has 0 saturated carbocycles. The van der Waals surface area contributed by atoms with Gasteiger partial charge in [-0.3, -0.25) is 0 Å². The van der Waals surface area contributed by atoms with Crippen molar-refractivity contribution in [2.45, 2.75) is 13.5 Å². The molecule has 4 nitrogen and oxygen atoms in total. The number of nitrogens with two attached hydrogens (primary N) is 1. The fourth-order valence-corrected chi connectivity index (χ4v) is 2.72. The lowest BCUT2D eigenvalue weighted by atomic mass is 10.3. The summed E-state index contributed by atoms with van der Waals surface area (Å²) in [4.78, 5) is 11.4. The summed E-state index contributed by atoms with van der Waals surface area (Å²) in [5.41, 5.74) is 7.59. The van der Waals surface area contributed by atoms with Crippen molar-refractivity contribution in [1.82, 2.24) is 9.97 Å². The van der Waals surface area contributed by atoms with Gasteiger partial charge in [0.05, 0.1) is 17.6 Å². The highest BCUT2D eigenvalue weighted by atomic mass is 32.1. The average molecular weight is 270 g/mol. The van der Waals surface area contributed by atoms with Crippen molar-refractivity contribution < 1.29 is 0 Å². The maximum Gasteiger partial charge on any atom is 0.169 e. The number of benzene rings is 1. The number of aromatic nitrogens is 2. The molecule has 0 aliphatic carbocycles. The molecule has 0 fully saturated rings. The number of para-hydroxylation sites is 2. The van der Waals surface area contributed by atoms with E-state index < -0.39 is 0 Å². The SMILES string of the molecule is Cc1ccc(CNc2nc3ccccc3nc2N)s1. The van der Waals surface area contributed by atoms with Crippen LogP contribution in [0.15, 0.2) is 36.4 Å². The van der Waals surface area contributed by atoms with Crippen LogP contribution in [-0.2, 0) is 6.54 Å². The van der Waals surface area contributed by atoms with Crippen LogP contribution in [0.3, 0.4) is 0 Å². The quantitative estimate of drug-likeness (QED) is 0.767. The molecular formula is C14H14N4S. The van der Waals surface area contributed by atoms with Crippen LogP contribution >= 0.6 is 11.3 Å². The third-order valence-electron chi connectivity index (χ3n) is 2.82. The molecule has 0 aliphatic rings. The van der Waals surface area contributed by atoms with E-state index in [1.165, 1.54) is 9.75 Å². The Labute approximate surface area is 115 Å². The third-order valence-corrected chi connectivity index (χ3v) is 3.82.